The van der Waals surface area contributed by atoms with Crippen molar-refractivity contribution in [2.75, 3.05) is 6.54 Å². The highest BCUT2D eigenvalue weighted by Gasteiger charge is 2.02. The van der Waals surface area contributed by atoms with Crippen LogP contribution in [-0.2, 0) is 6.54 Å². The zero-order valence-corrected chi connectivity index (χ0v) is 8.80. The molecule has 0 saturated heterocycles. The van der Waals surface area contributed by atoms with Crippen LogP contribution >= 0.6 is 0 Å². The van der Waals surface area contributed by atoms with E-state index in [1.165, 1.54) is 0 Å². The molecule has 0 spiro atoms. The van der Waals surface area contributed by atoms with Gasteiger partial charge < -0.3 is 20.8 Å². The minimum atomic E-state index is 0.248. The lowest BCUT2D eigenvalue weighted by Crippen LogP contribution is -2.32. The summed E-state index contributed by atoms with van der Waals surface area (Å²) in [5.74, 6) is 0.248. The highest BCUT2D eigenvalue weighted by atomic mass is 16.4. The van der Waals surface area contributed by atoms with E-state index in [-0.39, 0.29) is 5.84 Å². The molecule has 0 amide bonds. The molecule has 0 aliphatic heterocycles. The molecule has 6 nitrogen and oxygen atoms in total. The second-order valence-electron chi connectivity index (χ2n) is 3.46. The molecule has 1 unspecified atom stereocenters. The van der Waals surface area contributed by atoms with Gasteiger partial charge in [0.15, 0.2) is 0 Å². The van der Waals surface area contributed by atoms with Crippen molar-refractivity contribution in [1.82, 2.24) is 14.9 Å². The van der Waals surface area contributed by atoms with E-state index in [1.807, 2.05) is 10.8 Å². The molecule has 1 heterocycles. The molecule has 1 atom stereocenters. The third-order valence-electron chi connectivity index (χ3n) is 2.05. The number of oxime groups is 1. The average molecular weight is 211 g/mol. The summed E-state index contributed by atoms with van der Waals surface area (Å²) >= 11 is 0. The Morgan fingerprint density at radius 2 is 2.53 bits per heavy atom. The van der Waals surface area contributed by atoms with Crippen LogP contribution in [0.15, 0.2) is 23.9 Å². The summed E-state index contributed by atoms with van der Waals surface area (Å²) in [4.78, 5) is 3.96. The minimum absolute atomic E-state index is 0.248. The zero-order chi connectivity index (χ0) is 11.1. The lowest BCUT2D eigenvalue weighted by molar-refractivity contribution is 0.316. The number of nitrogens with one attached hydrogen (secondary N) is 1. The predicted octanol–water partition coefficient (Wildman–Crippen LogP) is -0.00230. The number of nitrogens with zero attached hydrogens (tertiary/aromatic N) is 3. The molecule has 0 aliphatic carbocycles. The monoisotopic (exact) mass is 211 g/mol. The Morgan fingerprint density at radius 3 is 3.13 bits per heavy atom. The van der Waals surface area contributed by atoms with Crippen LogP contribution in [0.4, 0.5) is 0 Å². The lowest BCUT2D eigenvalue weighted by atomic mass is 10.3. The van der Waals surface area contributed by atoms with Gasteiger partial charge in [0.25, 0.3) is 0 Å². The van der Waals surface area contributed by atoms with E-state index in [0.717, 1.165) is 6.54 Å². The van der Waals surface area contributed by atoms with Gasteiger partial charge >= 0.3 is 0 Å². The fraction of sp³-hybridized carbons (Fsp3) is 0.556. The molecule has 0 aromatic carbocycles. The number of hydrogen-bond acceptors (Lipinski definition) is 4. The molecule has 0 aliphatic rings. The van der Waals surface area contributed by atoms with E-state index in [2.05, 4.69) is 22.4 Å². The Kier molecular flexibility index (Phi) is 4.62. The Hall–Kier alpha value is -1.56. The molecule has 0 fully saturated rings. The van der Waals surface area contributed by atoms with Crippen LogP contribution in [0.5, 0.6) is 0 Å². The van der Waals surface area contributed by atoms with Crippen molar-refractivity contribution < 1.29 is 5.21 Å². The highest BCUT2D eigenvalue weighted by molar-refractivity contribution is 5.79. The first-order valence-corrected chi connectivity index (χ1v) is 4.88. The molecular formula is C9H17N5O. The van der Waals surface area contributed by atoms with Crippen LogP contribution < -0.4 is 11.1 Å². The van der Waals surface area contributed by atoms with Crippen LogP contribution in [0.2, 0.25) is 0 Å². The van der Waals surface area contributed by atoms with Crippen molar-refractivity contribution in [3.05, 3.63) is 18.7 Å². The topological polar surface area (TPSA) is 88.5 Å². The predicted molar refractivity (Wildman–Crippen MR) is 57.7 cm³/mol. The SMILES string of the molecule is CC(Cn1ccnc1)NCCC(N)=NO. The first-order chi connectivity index (χ1) is 7.22. The lowest BCUT2D eigenvalue weighted by Gasteiger charge is -2.13. The van der Waals surface area contributed by atoms with Gasteiger partial charge in [-0.2, -0.15) is 0 Å². The molecule has 0 bridgehead atoms. The number of aromatic nitrogens is 2. The third-order valence-corrected chi connectivity index (χ3v) is 2.05. The van der Waals surface area contributed by atoms with E-state index in [9.17, 15) is 0 Å². The normalized spacial score (nSPS) is 14.1. The van der Waals surface area contributed by atoms with E-state index < -0.39 is 0 Å². The number of hydrogen-bond donors (Lipinski definition) is 3. The summed E-state index contributed by atoms with van der Waals surface area (Å²) < 4.78 is 2.00. The van der Waals surface area contributed by atoms with Crippen LogP contribution in [0.25, 0.3) is 0 Å². The summed E-state index contributed by atoms with van der Waals surface area (Å²) in [6.07, 6.45) is 6.00. The quantitative estimate of drug-likeness (QED) is 0.267. The van der Waals surface area contributed by atoms with Crippen molar-refractivity contribution in [2.24, 2.45) is 10.9 Å². The first-order valence-electron chi connectivity index (χ1n) is 4.88. The molecule has 15 heavy (non-hydrogen) atoms. The van der Waals surface area contributed by atoms with E-state index in [0.29, 0.717) is 19.0 Å². The van der Waals surface area contributed by atoms with Crippen LogP contribution in [0.1, 0.15) is 13.3 Å². The molecule has 4 N–H and O–H groups in total. The van der Waals surface area contributed by atoms with Crippen molar-refractivity contribution in [3.63, 3.8) is 0 Å². The van der Waals surface area contributed by atoms with Crippen LogP contribution in [0, 0.1) is 0 Å². The third kappa shape index (κ3) is 4.46. The molecule has 1 aromatic rings. The second kappa shape index (κ2) is 6.02. The van der Waals surface area contributed by atoms with Crippen molar-refractivity contribution in [2.45, 2.75) is 25.9 Å². The molecule has 84 valence electrons. The van der Waals surface area contributed by atoms with Gasteiger partial charge in [0.05, 0.1) is 6.33 Å². The van der Waals surface area contributed by atoms with Gasteiger partial charge in [-0.15, -0.1) is 0 Å². The molecular weight excluding hydrogens is 194 g/mol. The number of rotatable bonds is 6. The summed E-state index contributed by atoms with van der Waals surface area (Å²) in [6, 6.07) is 0.325. The van der Waals surface area contributed by atoms with Gasteiger partial charge in [-0.05, 0) is 6.92 Å². The standard InChI is InChI=1S/C9H17N5O/c1-8(6-14-5-4-11-7-14)12-3-2-9(10)13-15/h4-5,7-8,12,15H,2-3,6H2,1H3,(H2,10,13). The molecule has 1 aromatic heterocycles. The van der Waals surface area contributed by atoms with Crippen molar-refractivity contribution in [1.29, 1.82) is 0 Å². The maximum atomic E-state index is 8.33. The van der Waals surface area contributed by atoms with Crippen LogP contribution in [0.3, 0.4) is 0 Å². The second-order valence-corrected chi connectivity index (χ2v) is 3.46. The fourth-order valence-corrected chi connectivity index (χ4v) is 1.27. The summed E-state index contributed by atoms with van der Waals surface area (Å²) in [7, 11) is 0. The largest absolute Gasteiger partial charge is 0.409 e. The highest BCUT2D eigenvalue weighted by Crippen LogP contribution is 1.91. The maximum absolute atomic E-state index is 8.33. The maximum Gasteiger partial charge on any atom is 0.140 e. The summed E-state index contributed by atoms with van der Waals surface area (Å²) in [5.41, 5.74) is 5.34. The minimum Gasteiger partial charge on any atom is -0.409 e. The Labute approximate surface area is 88.8 Å². The van der Waals surface area contributed by atoms with Gasteiger partial charge in [0.1, 0.15) is 5.84 Å². The van der Waals surface area contributed by atoms with Gasteiger partial charge in [-0.3, -0.25) is 0 Å². The fourth-order valence-electron chi connectivity index (χ4n) is 1.27. The molecule has 0 radical (unpaired) electrons. The summed E-state index contributed by atoms with van der Waals surface area (Å²) in [5, 5.41) is 14.5. The Morgan fingerprint density at radius 1 is 1.73 bits per heavy atom. The molecule has 0 saturated carbocycles. The molecule has 6 heteroatoms. The van der Waals surface area contributed by atoms with Gasteiger partial charge in [-0.1, -0.05) is 5.16 Å². The van der Waals surface area contributed by atoms with Crippen molar-refractivity contribution >= 4 is 5.84 Å². The number of nitrogens with two attached hydrogens (primary N) is 1. The number of amidine groups is 1. The van der Waals surface area contributed by atoms with Gasteiger partial charge in [-0.25, -0.2) is 4.98 Å². The number of imidazole rings is 1. The average Bonchev–Trinajstić information content (AvgIpc) is 2.70. The van der Waals surface area contributed by atoms with E-state index in [1.54, 1.807) is 12.5 Å². The molecule has 1 rings (SSSR count). The zero-order valence-electron chi connectivity index (χ0n) is 8.80. The summed E-state index contributed by atoms with van der Waals surface area (Å²) in [6.45, 7) is 3.63. The van der Waals surface area contributed by atoms with E-state index >= 15 is 0 Å². The smallest absolute Gasteiger partial charge is 0.140 e. The van der Waals surface area contributed by atoms with Crippen LogP contribution in [-0.4, -0.2) is 33.2 Å². The Bertz CT molecular complexity index is 295. The first kappa shape index (κ1) is 11.5. The van der Waals surface area contributed by atoms with Crippen molar-refractivity contribution in [3.8, 4) is 0 Å². The van der Waals surface area contributed by atoms with Gasteiger partial charge in [0.2, 0.25) is 0 Å². The van der Waals surface area contributed by atoms with E-state index in [4.69, 9.17) is 10.9 Å². The van der Waals surface area contributed by atoms with Gasteiger partial charge in [0, 0.05) is 37.9 Å². The Balaban J connectivity index is 2.17.